The Labute approximate surface area is 132 Å². The van der Waals surface area contributed by atoms with Crippen molar-refractivity contribution < 1.29 is 4.79 Å². The molecular weight excluding hydrogens is 276 g/mol. The lowest BCUT2D eigenvalue weighted by molar-refractivity contribution is -0.133. The molecule has 1 fully saturated rings. The summed E-state index contributed by atoms with van der Waals surface area (Å²) in [5.74, 6) is 1.25. The van der Waals surface area contributed by atoms with E-state index in [0.29, 0.717) is 6.42 Å². The normalized spacial score (nSPS) is 23.4. The van der Waals surface area contributed by atoms with E-state index in [1.54, 1.807) is 6.20 Å². The number of amides is 1. The van der Waals surface area contributed by atoms with Crippen LogP contribution in [0.25, 0.3) is 0 Å². The molecule has 5 heteroatoms. The van der Waals surface area contributed by atoms with Crippen LogP contribution in [0.15, 0.2) is 24.0 Å². The minimum atomic E-state index is 0.193. The number of allylic oxidation sites excluding steroid dienone is 1. The van der Waals surface area contributed by atoms with Crippen molar-refractivity contribution >= 4 is 5.91 Å². The minimum absolute atomic E-state index is 0.193. The number of carbonyl (C=O) groups is 1. The van der Waals surface area contributed by atoms with E-state index < -0.39 is 0 Å². The number of hydrogen-bond donors (Lipinski definition) is 1. The molecule has 1 saturated heterocycles. The molecule has 0 spiro atoms. The number of hydrogen-bond acceptors (Lipinski definition) is 3. The van der Waals surface area contributed by atoms with Crippen molar-refractivity contribution in [3.63, 3.8) is 0 Å². The van der Waals surface area contributed by atoms with Crippen molar-refractivity contribution in [1.29, 1.82) is 0 Å². The smallest absolute Gasteiger partial charge is 0.226 e. The summed E-state index contributed by atoms with van der Waals surface area (Å²) >= 11 is 0. The summed E-state index contributed by atoms with van der Waals surface area (Å²) in [4.78, 5) is 24.6. The quantitative estimate of drug-likeness (QED) is 0.870. The molecule has 1 atom stereocenters. The van der Waals surface area contributed by atoms with Gasteiger partial charge in [0.2, 0.25) is 5.91 Å². The van der Waals surface area contributed by atoms with E-state index in [2.05, 4.69) is 27.9 Å². The number of aromatic amines is 1. The third-order valence-electron chi connectivity index (χ3n) is 4.85. The minimum Gasteiger partial charge on any atom is -0.347 e. The number of aromatic nitrogens is 2. The molecule has 1 N–H and O–H groups in total. The van der Waals surface area contributed by atoms with Crippen LogP contribution in [0, 0.1) is 0 Å². The van der Waals surface area contributed by atoms with Gasteiger partial charge in [0.05, 0.1) is 6.04 Å². The lowest BCUT2D eigenvalue weighted by Gasteiger charge is -2.40. The third-order valence-corrected chi connectivity index (χ3v) is 4.85. The predicted molar refractivity (Wildman–Crippen MR) is 86.3 cm³/mol. The molecule has 0 saturated carbocycles. The highest BCUT2D eigenvalue weighted by atomic mass is 16.2. The number of rotatable bonds is 4. The Kier molecular flexibility index (Phi) is 4.93. The second-order valence-corrected chi connectivity index (χ2v) is 6.24. The first-order valence-electron chi connectivity index (χ1n) is 8.47. The van der Waals surface area contributed by atoms with Gasteiger partial charge in [0.25, 0.3) is 0 Å². The molecule has 2 heterocycles. The molecule has 0 unspecified atom stereocenters. The monoisotopic (exact) mass is 302 g/mol. The molecule has 3 rings (SSSR count). The van der Waals surface area contributed by atoms with Gasteiger partial charge in [-0.2, -0.15) is 0 Å². The van der Waals surface area contributed by atoms with E-state index in [4.69, 9.17) is 0 Å². The zero-order valence-corrected chi connectivity index (χ0v) is 13.4. The Morgan fingerprint density at radius 2 is 2.32 bits per heavy atom. The van der Waals surface area contributed by atoms with E-state index in [-0.39, 0.29) is 11.9 Å². The molecule has 1 aromatic rings. The maximum atomic E-state index is 12.6. The van der Waals surface area contributed by atoms with Crippen LogP contribution in [0.2, 0.25) is 0 Å². The summed E-state index contributed by atoms with van der Waals surface area (Å²) in [5, 5.41) is 0. The van der Waals surface area contributed by atoms with Crippen LogP contribution in [0.3, 0.4) is 0 Å². The topological polar surface area (TPSA) is 52.2 Å². The van der Waals surface area contributed by atoms with Crippen LogP contribution >= 0.6 is 0 Å². The lowest BCUT2D eigenvalue weighted by atomic mass is 9.96. The molecule has 1 aliphatic heterocycles. The molecule has 0 bridgehead atoms. The van der Waals surface area contributed by atoms with Gasteiger partial charge in [0.15, 0.2) is 0 Å². The SMILES string of the molecule is CCN1CCN(C(=O)CC2=CCCCC2)C[C@H]1c1ncc[nH]1. The highest BCUT2D eigenvalue weighted by Crippen LogP contribution is 2.25. The summed E-state index contributed by atoms with van der Waals surface area (Å²) in [7, 11) is 0. The largest absolute Gasteiger partial charge is 0.347 e. The molecular formula is C17H26N4O. The predicted octanol–water partition coefficient (Wildman–Crippen LogP) is 2.51. The van der Waals surface area contributed by atoms with E-state index in [1.165, 1.54) is 18.4 Å². The molecule has 0 radical (unpaired) electrons. The summed E-state index contributed by atoms with van der Waals surface area (Å²) in [5.41, 5.74) is 1.34. The number of imidazole rings is 1. The Morgan fingerprint density at radius 1 is 1.41 bits per heavy atom. The molecule has 1 amide bonds. The maximum absolute atomic E-state index is 12.6. The molecule has 120 valence electrons. The van der Waals surface area contributed by atoms with Gasteiger partial charge in [0, 0.05) is 38.4 Å². The fourth-order valence-corrected chi connectivity index (χ4v) is 3.52. The molecule has 0 aromatic carbocycles. The van der Waals surface area contributed by atoms with E-state index in [9.17, 15) is 4.79 Å². The number of H-pyrrole nitrogens is 1. The number of likely N-dealkylation sites (N-methyl/N-ethyl adjacent to an activating group) is 1. The summed E-state index contributed by atoms with van der Waals surface area (Å²) < 4.78 is 0. The molecule has 5 nitrogen and oxygen atoms in total. The first-order valence-corrected chi connectivity index (χ1v) is 8.47. The Hall–Kier alpha value is -1.62. The van der Waals surface area contributed by atoms with Gasteiger partial charge in [-0.3, -0.25) is 9.69 Å². The highest BCUT2D eigenvalue weighted by molar-refractivity contribution is 5.79. The molecule has 2 aliphatic rings. The van der Waals surface area contributed by atoms with Crippen molar-refractivity contribution in [3.8, 4) is 0 Å². The Bertz CT molecular complexity index is 523. The van der Waals surface area contributed by atoms with Gasteiger partial charge in [-0.1, -0.05) is 18.6 Å². The van der Waals surface area contributed by atoms with E-state index in [0.717, 1.165) is 44.8 Å². The Balaban J connectivity index is 1.64. The fourth-order valence-electron chi connectivity index (χ4n) is 3.52. The van der Waals surface area contributed by atoms with Crippen molar-refractivity contribution in [2.24, 2.45) is 0 Å². The van der Waals surface area contributed by atoms with Crippen molar-refractivity contribution in [2.75, 3.05) is 26.2 Å². The average Bonchev–Trinajstić information content (AvgIpc) is 3.09. The first-order chi connectivity index (χ1) is 10.8. The van der Waals surface area contributed by atoms with Gasteiger partial charge >= 0.3 is 0 Å². The summed E-state index contributed by atoms with van der Waals surface area (Å²) in [6.07, 6.45) is 11.3. The molecule has 1 aromatic heterocycles. The van der Waals surface area contributed by atoms with Crippen LogP contribution in [-0.2, 0) is 4.79 Å². The van der Waals surface area contributed by atoms with Crippen molar-refractivity contribution in [3.05, 3.63) is 29.9 Å². The highest BCUT2D eigenvalue weighted by Gasteiger charge is 2.31. The average molecular weight is 302 g/mol. The number of piperazine rings is 1. The number of nitrogens with zero attached hydrogens (tertiary/aromatic N) is 3. The third kappa shape index (κ3) is 3.40. The van der Waals surface area contributed by atoms with Gasteiger partial charge < -0.3 is 9.88 Å². The van der Waals surface area contributed by atoms with Crippen LogP contribution in [0.5, 0.6) is 0 Å². The van der Waals surface area contributed by atoms with Gasteiger partial charge in [-0.15, -0.1) is 0 Å². The Morgan fingerprint density at radius 3 is 3.00 bits per heavy atom. The second kappa shape index (κ2) is 7.09. The molecule has 1 aliphatic carbocycles. The van der Waals surface area contributed by atoms with E-state index >= 15 is 0 Å². The van der Waals surface area contributed by atoms with Gasteiger partial charge in [-0.25, -0.2) is 4.98 Å². The van der Waals surface area contributed by atoms with Crippen molar-refractivity contribution in [1.82, 2.24) is 19.8 Å². The first kappa shape index (κ1) is 15.3. The van der Waals surface area contributed by atoms with Gasteiger partial charge in [-0.05, 0) is 32.2 Å². The fraction of sp³-hybridized carbons (Fsp3) is 0.647. The number of nitrogens with one attached hydrogen (secondary N) is 1. The van der Waals surface area contributed by atoms with Gasteiger partial charge in [0.1, 0.15) is 5.82 Å². The van der Waals surface area contributed by atoms with Crippen molar-refractivity contribution in [2.45, 2.75) is 45.1 Å². The second-order valence-electron chi connectivity index (χ2n) is 6.24. The van der Waals surface area contributed by atoms with Crippen LogP contribution in [0.1, 0.15) is 50.9 Å². The summed E-state index contributed by atoms with van der Waals surface area (Å²) in [6, 6.07) is 0.193. The zero-order chi connectivity index (χ0) is 15.4. The van der Waals surface area contributed by atoms with Crippen LogP contribution < -0.4 is 0 Å². The zero-order valence-electron chi connectivity index (χ0n) is 13.4. The summed E-state index contributed by atoms with van der Waals surface area (Å²) in [6.45, 7) is 5.65. The molecule has 22 heavy (non-hydrogen) atoms. The van der Waals surface area contributed by atoms with Crippen LogP contribution in [-0.4, -0.2) is 51.9 Å². The van der Waals surface area contributed by atoms with Crippen LogP contribution in [0.4, 0.5) is 0 Å². The standard InChI is InChI=1S/C17H26N4O/c1-2-20-10-11-21(13-15(20)17-18-8-9-19-17)16(22)12-14-6-4-3-5-7-14/h6,8-9,15H,2-5,7,10-13H2,1H3,(H,18,19)/t15-/m0/s1. The van der Waals surface area contributed by atoms with E-state index in [1.807, 2.05) is 11.1 Å². The number of carbonyl (C=O) groups excluding carboxylic acids is 1. The lowest BCUT2D eigenvalue weighted by Crippen LogP contribution is -2.50. The maximum Gasteiger partial charge on any atom is 0.226 e.